The van der Waals surface area contributed by atoms with Gasteiger partial charge in [0.1, 0.15) is 30.5 Å². The van der Waals surface area contributed by atoms with E-state index in [1.807, 2.05) is 0 Å². The Morgan fingerprint density at radius 3 is 2.12 bits per heavy atom. The third-order valence-corrected chi connectivity index (χ3v) is 5.85. The van der Waals surface area contributed by atoms with Crippen molar-refractivity contribution >= 4 is 11.8 Å². The van der Waals surface area contributed by atoms with Crippen molar-refractivity contribution in [3.8, 4) is 0 Å². The molecule has 0 aromatic carbocycles. The molecule has 10 atom stereocenters. The number of aliphatic hydroxyl groups is 7. The second kappa shape index (κ2) is 8.56. The third kappa shape index (κ3) is 3.86. The summed E-state index contributed by atoms with van der Waals surface area (Å²) in [5.41, 5.74) is 0. The molecule has 0 radical (unpaired) electrons. The van der Waals surface area contributed by atoms with Crippen molar-refractivity contribution in [3.63, 3.8) is 0 Å². The fraction of sp³-hybridized carbons (Fsp3) is 1.00. The fourth-order valence-electron chi connectivity index (χ4n) is 2.92. The Morgan fingerprint density at radius 2 is 1.58 bits per heavy atom. The molecule has 0 spiro atoms. The molecular formula is C13H25NO9S. The molecule has 0 saturated carbocycles. The van der Waals surface area contributed by atoms with Crippen LogP contribution >= 0.6 is 11.8 Å². The topological polar surface area (TPSA) is 172 Å². The lowest BCUT2D eigenvalue weighted by Gasteiger charge is -2.46. The molecule has 8 N–H and O–H groups in total. The summed E-state index contributed by atoms with van der Waals surface area (Å²) in [6.45, 7) is -0.904. The van der Waals surface area contributed by atoms with Gasteiger partial charge in [-0.15, -0.1) is 11.8 Å². The average molecular weight is 371 g/mol. The highest BCUT2D eigenvalue weighted by atomic mass is 32.2. The van der Waals surface area contributed by atoms with Gasteiger partial charge in [-0.1, -0.05) is 0 Å². The van der Waals surface area contributed by atoms with Crippen molar-refractivity contribution < 1.29 is 45.2 Å². The molecule has 2 heterocycles. The van der Waals surface area contributed by atoms with E-state index in [4.69, 9.17) is 9.47 Å². The van der Waals surface area contributed by atoms with Gasteiger partial charge in [0.15, 0.2) is 6.29 Å². The molecule has 11 heteroatoms. The number of thioether (sulfide) groups is 1. The lowest BCUT2D eigenvalue weighted by molar-refractivity contribution is -0.273. The smallest absolute Gasteiger partial charge is 0.186 e. The molecule has 2 aliphatic rings. The van der Waals surface area contributed by atoms with Gasteiger partial charge in [-0.05, 0) is 0 Å². The highest BCUT2D eigenvalue weighted by molar-refractivity contribution is 8.00. The van der Waals surface area contributed by atoms with Crippen LogP contribution in [0.1, 0.15) is 0 Å². The number of hydrogen-bond acceptors (Lipinski definition) is 11. The predicted octanol–water partition coefficient (Wildman–Crippen LogP) is -4.45. The summed E-state index contributed by atoms with van der Waals surface area (Å²) < 4.78 is 10.3. The summed E-state index contributed by atoms with van der Waals surface area (Å²) in [6, 6.07) is -0.967. The maximum Gasteiger partial charge on any atom is 0.186 e. The zero-order valence-electron chi connectivity index (χ0n) is 13.0. The summed E-state index contributed by atoms with van der Waals surface area (Å²) in [4.78, 5) is 0. The summed E-state index contributed by atoms with van der Waals surface area (Å²) in [5, 5.41) is 70.0. The highest BCUT2D eigenvalue weighted by Gasteiger charge is 2.49. The highest BCUT2D eigenvalue weighted by Crippen LogP contribution is 2.33. The second-order valence-electron chi connectivity index (χ2n) is 5.88. The number of nitrogens with one attached hydrogen (secondary N) is 1. The van der Waals surface area contributed by atoms with E-state index in [9.17, 15) is 35.7 Å². The summed E-state index contributed by atoms with van der Waals surface area (Å²) >= 11 is 0.985. The third-order valence-electron chi connectivity index (χ3n) is 4.37. The standard InChI is InChI=1S/C13H25NO9S/c1-22-13-11(21)8(18)6(4(2-15)23-13)14-12-10(20)9(19)7(17)5(3-16)24-12/h4-21H,2-3H2,1H3/t4-,5-,6-,7-,8+,9+,10-,11-,12-,13+/m1/s1. The predicted molar refractivity (Wildman–Crippen MR) is 82.0 cm³/mol. The van der Waals surface area contributed by atoms with Gasteiger partial charge in [0.2, 0.25) is 0 Å². The number of rotatable bonds is 5. The molecule has 2 aliphatic heterocycles. The van der Waals surface area contributed by atoms with Gasteiger partial charge < -0.3 is 45.2 Å². The van der Waals surface area contributed by atoms with E-state index < -0.39 is 72.8 Å². The van der Waals surface area contributed by atoms with Crippen LogP contribution in [0.5, 0.6) is 0 Å². The van der Waals surface area contributed by atoms with E-state index in [0.717, 1.165) is 11.8 Å². The van der Waals surface area contributed by atoms with E-state index in [1.165, 1.54) is 7.11 Å². The van der Waals surface area contributed by atoms with Crippen LogP contribution in [0.15, 0.2) is 0 Å². The zero-order chi connectivity index (χ0) is 18.0. The van der Waals surface area contributed by atoms with Crippen LogP contribution in [0.3, 0.4) is 0 Å². The van der Waals surface area contributed by atoms with E-state index >= 15 is 0 Å². The Hall–Kier alpha value is -0.0500. The van der Waals surface area contributed by atoms with Crippen molar-refractivity contribution in [2.45, 2.75) is 59.6 Å². The molecule has 2 rings (SSSR count). The van der Waals surface area contributed by atoms with Gasteiger partial charge in [0.25, 0.3) is 0 Å². The quantitative estimate of drug-likeness (QED) is 0.234. The summed E-state index contributed by atoms with van der Waals surface area (Å²) in [6.07, 6.45) is -8.99. The first-order valence-electron chi connectivity index (χ1n) is 7.57. The van der Waals surface area contributed by atoms with Gasteiger partial charge in [0, 0.05) is 7.11 Å². The van der Waals surface area contributed by atoms with Crippen molar-refractivity contribution in [1.29, 1.82) is 0 Å². The van der Waals surface area contributed by atoms with Crippen molar-refractivity contribution in [3.05, 3.63) is 0 Å². The van der Waals surface area contributed by atoms with Crippen LogP contribution in [0.2, 0.25) is 0 Å². The minimum atomic E-state index is -1.49. The fourth-order valence-corrected chi connectivity index (χ4v) is 4.26. The maximum absolute atomic E-state index is 10.3. The largest absolute Gasteiger partial charge is 0.395 e. The van der Waals surface area contributed by atoms with Gasteiger partial charge in [0.05, 0.1) is 36.0 Å². The van der Waals surface area contributed by atoms with Crippen LogP contribution in [0.4, 0.5) is 0 Å². The molecule has 0 bridgehead atoms. The van der Waals surface area contributed by atoms with Crippen molar-refractivity contribution in [2.24, 2.45) is 0 Å². The first-order valence-corrected chi connectivity index (χ1v) is 8.51. The molecule has 0 aliphatic carbocycles. The van der Waals surface area contributed by atoms with Crippen LogP contribution in [-0.2, 0) is 9.47 Å². The molecule has 2 fully saturated rings. The van der Waals surface area contributed by atoms with Crippen LogP contribution in [-0.4, -0.2) is 116 Å². The molecule has 24 heavy (non-hydrogen) atoms. The Labute approximate surface area is 143 Å². The molecule has 142 valence electrons. The number of aliphatic hydroxyl groups excluding tert-OH is 7. The second-order valence-corrected chi connectivity index (χ2v) is 7.27. The SMILES string of the molecule is CO[C@H]1O[C@H](CO)[C@@H](N[C@@H]2S[C@H](CO)[C@@H](O)[C@H](O)[C@H]2O)[C@H](O)[C@H]1O. The Kier molecular flexibility index (Phi) is 7.22. The molecule has 10 nitrogen and oxygen atoms in total. The average Bonchev–Trinajstić information content (AvgIpc) is 2.59. The number of methoxy groups -OCH3 is 1. The first kappa shape index (κ1) is 20.3. The monoisotopic (exact) mass is 371 g/mol. The number of hydrogen-bond donors (Lipinski definition) is 8. The Morgan fingerprint density at radius 1 is 0.917 bits per heavy atom. The Bertz CT molecular complexity index is 402. The molecule has 0 unspecified atom stereocenters. The maximum atomic E-state index is 10.3. The van der Waals surface area contributed by atoms with E-state index in [1.54, 1.807) is 0 Å². The summed E-state index contributed by atoms with van der Waals surface area (Å²) in [7, 11) is 1.28. The van der Waals surface area contributed by atoms with E-state index in [-0.39, 0.29) is 0 Å². The minimum Gasteiger partial charge on any atom is -0.395 e. The van der Waals surface area contributed by atoms with Crippen LogP contribution in [0.25, 0.3) is 0 Å². The zero-order valence-corrected chi connectivity index (χ0v) is 13.9. The van der Waals surface area contributed by atoms with Gasteiger partial charge in [-0.3, -0.25) is 5.32 Å². The van der Waals surface area contributed by atoms with Crippen LogP contribution < -0.4 is 5.32 Å². The van der Waals surface area contributed by atoms with Crippen molar-refractivity contribution in [1.82, 2.24) is 5.32 Å². The van der Waals surface area contributed by atoms with Crippen molar-refractivity contribution in [2.75, 3.05) is 20.3 Å². The molecule has 0 aromatic heterocycles. The molecular weight excluding hydrogens is 346 g/mol. The lowest BCUT2D eigenvalue weighted by atomic mass is 9.95. The van der Waals surface area contributed by atoms with Gasteiger partial charge in [-0.2, -0.15) is 0 Å². The minimum absolute atomic E-state index is 0.421. The van der Waals surface area contributed by atoms with Gasteiger partial charge in [-0.25, -0.2) is 0 Å². The summed E-state index contributed by atoms with van der Waals surface area (Å²) in [5.74, 6) is 0. The van der Waals surface area contributed by atoms with Gasteiger partial charge >= 0.3 is 0 Å². The molecule has 0 amide bonds. The van der Waals surface area contributed by atoms with E-state index in [2.05, 4.69) is 5.32 Å². The lowest BCUT2D eigenvalue weighted by Crippen LogP contribution is -2.68. The van der Waals surface area contributed by atoms with E-state index in [0.29, 0.717) is 0 Å². The number of ether oxygens (including phenoxy) is 2. The molecule has 2 saturated heterocycles. The first-order chi connectivity index (χ1) is 11.3. The van der Waals surface area contributed by atoms with Crippen LogP contribution in [0, 0.1) is 0 Å². The molecule has 0 aromatic rings. The normalized spacial score (nSPS) is 50.0. The Balaban J connectivity index is 2.12.